The van der Waals surface area contributed by atoms with Crippen molar-refractivity contribution in [2.75, 3.05) is 6.61 Å². The van der Waals surface area contributed by atoms with Gasteiger partial charge in [-0.05, 0) is 29.6 Å². The molecule has 114 valence electrons. The predicted molar refractivity (Wildman–Crippen MR) is 74.6 cm³/mol. The Morgan fingerprint density at radius 1 is 1.09 bits per heavy atom. The Balaban J connectivity index is 1.80. The first kappa shape index (κ1) is 14.6. The van der Waals surface area contributed by atoms with Gasteiger partial charge in [0.1, 0.15) is 5.75 Å². The van der Waals surface area contributed by atoms with E-state index in [1.807, 2.05) is 17.5 Å². The van der Waals surface area contributed by atoms with Crippen LogP contribution < -0.4 is 4.74 Å². The van der Waals surface area contributed by atoms with Crippen LogP contribution in [0.25, 0.3) is 22.2 Å². The van der Waals surface area contributed by atoms with Crippen LogP contribution in [0, 0.1) is 0 Å². The quantitative estimate of drug-likeness (QED) is 0.713. The molecule has 0 unspecified atom stereocenters. The topological polar surface area (TPSA) is 48.2 Å². The highest BCUT2D eigenvalue weighted by Crippen LogP contribution is 2.29. The number of ether oxygens (including phenoxy) is 1. The van der Waals surface area contributed by atoms with Crippen LogP contribution in [0.2, 0.25) is 0 Å². The summed E-state index contributed by atoms with van der Waals surface area (Å²) in [6.07, 6.45) is -4.38. The minimum atomic E-state index is -4.38. The Bertz CT molecular complexity index is 754. The molecule has 0 saturated heterocycles. The van der Waals surface area contributed by atoms with Crippen molar-refractivity contribution in [2.45, 2.75) is 6.18 Å². The molecule has 3 rings (SSSR count). The third-order valence-electron chi connectivity index (χ3n) is 2.64. The maximum Gasteiger partial charge on any atom is 0.422 e. The van der Waals surface area contributed by atoms with E-state index in [9.17, 15) is 13.2 Å². The smallest absolute Gasteiger partial charge is 0.422 e. The second-order valence-electron chi connectivity index (χ2n) is 4.32. The molecule has 0 N–H and O–H groups in total. The molecule has 0 amide bonds. The fourth-order valence-corrected chi connectivity index (χ4v) is 2.37. The Labute approximate surface area is 127 Å². The van der Waals surface area contributed by atoms with Gasteiger partial charge in [-0.15, -0.1) is 21.5 Å². The predicted octanol–water partition coefficient (Wildman–Crippen LogP) is 4.41. The highest BCUT2D eigenvalue weighted by atomic mass is 32.1. The van der Waals surface area contributed by atoms with Gasteiger partial charge in [-0.25, -0.2) is 0 Å². The van der Waals surface area contributed by atoms with Crippen LogP contribution in [0.15, 0.2) is 46.2 Å². The molecule has 2 aromatic heterocycles. The minimum Gasteiger partial charge on any atom is -0.484 e. The summed E-state index contributed by atoms with van der Waals surface area (Å²) >= 11 is 1.45. The van der Waals surface area contributed by atoms with Crippen LogP contribution >= 0.6 is 11.3 Å². The number of rotatable bonds is 4. The highest BCUT2D eigenvalue weighted by Gasteiger charge is 2.28. The minimum absolute atomic E-state index is 0.0886. The maximum atomic E-state index is 12.2. The lowest BCUT2D eigenvalue weighted by Gasteiger charge is -2.09. The van der Waals surface area contributed by atoms with Crippen LogP contribution in [-0.4, -0.2) is 23.0 Å². The first-order valence-corrected chi connectivity index (χ1v) is 7.06. The number of alkyl halides is 3. The lowest BCUT2D eigenvalue weighted by molar-refractivity contribution is -0.153. The molecule has 0 radical (unpaired) electrons. The lowest BCUT2D eigenvalue weighted by atomic mass is 10.2. The van der Waals surface area contributed by atoms with E-state index >= 15 is 0 Å². The molecule has 2 heterocycles. The van der Waals surface area contributed by atoms with Crippen LogP contribution in [0.5, 0.6) is 5.75 Å². The van der Waals surface area contributed by atoms with Crippen LogP contribution in [0.3, 0.4) is 0 Å². The van der Waals surface area contributed by atoms with Crippen molar-refractivity contribution in [2.24, 2.45) is 0 Å². The first-order chi connectivity index (χ1) is 10.5. The van der Waals surface area contributed by atoms with E-state index in [0.717, 1.165) is 4.88 Å². The molecule has 3 aromatic rings. The summed E-state index contributed by atoms with van der Waals surface area (Å²) in [4.78, 5) is 0.822. The van der Waals surface area contributed by atoms with Gasteiger partial charge in [0.05, 0.1) is 4.88 Å². The van der Waals surface area contributed by atoms with Crippen molar-refractivity contribution in [3.05, 3.63) is 41.8 Å². The van der Waals surface area contributed by atoms with Crippen molar-refractivity contribution < 1.29 is 22.3 Å². The van der Waals surface area contributed by atoms with Crippen molar-refractivity contribution in [3.8, 4) is 28.0 Å². The third-order valence-corrected chi connectivity index (χ3v) is 3.50. The van der Waals surface area contributed by atoms with Crippen molar-refractivity contribution in [3.63, 3.8) is 0 Å². The summed E-state index contributed by atoms with van der Waals surface area (Å²) in [6.45, 7) is -1.35. The number of benzene rings is 1. The van der Waals surface area contributed by atoms with Crippen molar-refractivity contribution in [1.29, 1.82) is 0 Å². The van der Waals surface area contributed by atoms with Crippen LogP contribution in [0.1, 0.15) is 0 Å². The molecule has 0 aliphatic rings. The van der Waals surface area contributed by atoms with E-state index in [0.29, 0.717) is 11.5 Å². The molecule has 8 heteroatoms. The third kappa shape index (κ3) is 3.45. The summed E-state index contributed by atoms with van der Waals surface area (Å²) in [5, 5.41) is 9.71. The van der Waals surface area contributed by atoms with E-state index in [4.69, 9.17) is 9.15 Å². The average molecular weight is 326 g/mol. The van der Waals surface area contributed by atoms with Crippen molar-refractivity contribution >= 4 is 11.3 Å². The van der Waals surface area contributed by atoms with E-state index in [2.05, 4.69) is 10.2 Å². The second kappa shape index (κ2) is 5.80. The summed E-state index contributed by atoms with van der Waals surface area (Å²) in [5.41, 5.74) is 0.495. The van der Waals surface area contributed by atoms with E-state index in [1.54, 1.807) is 12.1 Å². The Morgan fingerprint density at radius 3 is 2.64 bits per heavy atom. The molecule has 0 aliphatic carbocycles. The van der Waals surface area contributed by atoms with Gasteiger partial charge in [-0.3, -0.25) is 0 Å². The van der Waals surface area contributed by atoms with Gasteiger partial charge >= 0.3 is 6.18 Å². The number of aromatic nitrogens is 2. The number of hydrogen-bond donors (Lipinski definition) is 0. The zero-order chi connectivity index (χ0) is 15.6. The number of nitrogens with zero attached hydrogens (tertiary/aromatic N) is 2. The molecular formula is C14H9F3N2O2S. The fourth-order valence-electron chi connectivity index (χ4n) is 1.72. The number of thiophene rings is 1. The largest absolute Gasteiger partial charge is 0.484 e. The number of halogens is 3. The molecule has 4 nitrogen and oxygen atoms in total. The number of hydrogen-bond acceptors (Lipinski definition) is 5. The van der Waals surface area contributed by atoms with Gasteiger partial charge in [-0.2, -0.15) is 13.2 Å². The van der Waals surface area contributed by atoms with Gasteiger partial charge in [0.15, 0.2) is 6.61 Å². The monoisotopic (exact) mass is 326 g/mol. The zero-order valence-electron chi connectivity index (χ0n) is 11.0. The Kier molecular flexibility index (Phi) is 3.84. The summed E-state index contributed by atoms with van der Waals surface area (Å²) < 4.78 is 46.7. The molecule has 0 bridgehead atoms. The van der Waals surface area contributed by atoms with Crippen molar-refractivity contribution in [1.82, 2.24) is 10.2 Å². The highest BCUT2D eigenvalue weighted by molar-refractivity contribution is 7.13. The molecule has 1 aromatic carbocycles. The normalized spacial score (nSPS) is 11.6. The molecule has 0 saturated carbocycles. The van der Waals surface area contributed by atoms with Gasteiger partial charge < -0.3 is 9.15 Å². The lowest BCUT2D eigenvalue weighted by Crippen LogP contribution is -2.19. The summed E-state index contributed by atoms with van der Waals surface area (Å²) in [5.74, 6) is 0.679. The Morgan fingerprint density at radius 2 is 1.91 bits per heavy atom. The SMILES string of the molecule is FC(F)(F)COc1cccc(-c2nnc(-c3cccs3)o2)c1. The average Bonchev–Trinajstić information content (AvgIpc) is 3.15. The van der Waals surface area contributed by atoms with Crippen LogP contribution in [-0.2, 0) is 0 Å². The van der Waals surface area contributed by atoms with Crippen LogP contribution in [0.4, 0.5) is 13.2 Å². The van der Waals surface area contributed by atoms with E-state index in [1.165, 1.54) is 23.5 Å². The van der Waals surface area contributed by atoms with Gasteiger partial charge in [0, 0.05) is 5.56 Å². The second-order valence-corrected chi connectivity index (χ2v) is 5.27. The fraction of sp³-hybridized carbons (Fsp3) is 0.143. The van der Waals surface area contributed by atoms with Gasteiger partial charge in [0.25, 0.3) is 5.89 Å². The van der Waals surface area contributed by atoms with E-state index < -0.39 is 12.8 Å². The van der Waals surface area contributed by atoms with Gasteiger partial charge in [-0.1, -0.05) is 12.1 Å². The summed E-state index contributed by atoms with van der Waals surface area (Å²) in [7, 11) is 0. The molecular weight excluding hydrogens is 317 g/mol. The molecule has 0 spiro atoms. The standard InChI is InChI=1S/C14H9F3N2O2S/c15-14(16,17)8-20-10-4-1-3-9(7-10)12-18-19-13(21-12)11-5-2-6-22-11/h1-7H,8H2. The Hall–Kier alpha value is -2.35. The van der Waals surface area contributed by atoms with Gasteiger partial charge in [0.2, 0.25) is 5.89 Å². The first-order valence-electron chi connectivity index (χ1n) is 6.19. The molecule has 0 atom stereocenters. The summed E-state index contributed by atoms with van der Waals surface area (Å²) in [6, 6.07) is 9.78. The zero-order valence-corrected chi connectivity index (χ0v) is 11.8. The molecule has 0 fully saturated rings. The van der Waals surface area contributed by atoms with E-state index in [-0.39, 0.29) is 11.6 Å². The molecule has 0 aliphatic heterocycles. The maximum absolute atomic E-state index is 12.2. The molecule has 22 heavy (non-hydrogen) atoms.